The highest BCUT2D eigenvalue weighted by Gasteiger charge is 1.92. The van der Waals surface area contributed by atoms with Crippen molar-refractivity contribution in [1.82, 2.24) is 0 Å². The molecule has 2 heteroatoms. The first-order valence-corrected chi connectivity index (χ1v) is 3.51. The highest BCUT2D eigenvalue weighted by Crippen LogP contribution is 2.20. The lowest BCUT2D eigenvalue weighted by molar-refractivity contribution is 1.50. The molecule has 0 spiro atoms. The lowest BCUT2D eigenvalue weighted by Gasteiger charge is -1.96. The topological polar surface area (TPSA) is 0 Å². The smallest absolute Gasteiger partial charge is 0.0288 e. The van der Waals surface area contributed by atoms with E-state index in [2.05, 4.69) is 35.1 Å². The van der Waals surface area contributed by atoms with Crippen LogP contribution in [0.2, 0.25) is 0 Å². The van der Waals surface area contributed by atoms with E-state index in [1.54, 1.807) is 0 Å². The van der Waals surface area contributed by atoms with Crippen molar-refractivity contribution in [2.45, 2.75) is 13.8 Å². The SMILES string of the molecule is C=C(C)/C(Br)=C(/C)S. The Balaban J connectivity index is 4.23. The van der Waals surface area contributed by atoms with E-state index in [9.17, 15) is 0 Å². The van der Waals surface area contributed by atoms with Gasteiger partial charge in [-0.05, 0) is 40.3 Å². The van der Waals surface area contributed by atoms with Crippen LogP contribution in [0, 0.1) is 0 Å². The number of allylic oxidation sites excluding steroid dienone is 3. The van der Waals surface area contributed by atoms with Gasteiger partial charge in [-0.3, -0.25) is 0 Å². The number of rotatable bonds is 1. The minimum absolute atomic E-state index is 0.970. The Hall–Kier alpha value is 0.310. The van der Waals surface area contributed by atoms with Gasteiger partial charge in [-0.15, -0.1) is 12.6 Å². The van der Waals surface area contributed by atoms with Crippen LogP contribution in [0.3, 0.4) is 0 Å². The number of thiol groups is 1. The van der Waals surface area contributed by atoms with Gasteiger partial charge in [-0.2, -0.15) is 0 Å². The minimum Gasteiger partial charge on any atom is -0.147 e. The zero-order valence-corrected chi connectivity index (χ0v) is 7.51. The van der Waals surface area contributed by atoms with Gasteiger partial charge in [-0.25, -0.2) is 0 Å². The Morgan fingerprint density at radius 2 is 1.88 bits per heavy atom. The summed E-state index contributed by atoms with van der Waals surface area (Å²) in [6, 6.07) is 0. The van der Waals surface area contributed by atoms with Crippen molar-refractivity contribution in [2.75, 3.05) is 0 Å². The van der Waals surface area contributed by atoms with Gasteiger partial charge in [0.25, 0.3) is 0 Å². The average Bonchev–Trinajstić information content (AvgIpc) is 1.64. The maximum Gasteiger partial charge on any atom is 0.0288 e. The van der Waals surface area contributed by atoms with Crippen LogP contribution in [0.4, 0.5) is 0 Å². The predicted molar refractivity (Wildman–Crippen MR) is 45.4 cm³/mol. The zero-order chi connectivity index (χ0) is 6.73. The molecule has 0 rings (SSSR count). The molecular weight excluding hydrogens is 184 g/mol. The minimum atomic E-state index is 0.970. The molecule has 0 aromatic rings. The van der Waals surface area contributed by atoms with Gasteiger partial charge in [0.2, 0.25) is 0 Å². The number of hydrogen-bond donors (Lipinski definition) is 1. The van der Waals surface area contributed by atoms with Crippen molar-refractivity contribution in [2.24, 2.45) is 0 Å². The summed E-state index contributed by atoms with van der Waals surface area (Å²) in [6.07, 6.45) is 0. The summed E-state index contributed by atoms with van der Waals surface area (Å²) in [5, 5.41) is 0. The summed E-state index contributed by atoms with van der Waals surface area (Å²) in [5.41, 5.74) is 1.01. The van der Waals surface area contributed by atoms with Crippen LogP contribution in [0.25, 0.3) is 0 Å². The lowest BCUT2D eigenvalue weighted by atomic mass is 10.3. The molecule has 0 aromatic carbocycles. The van der Waals surface area contributed by atoms with E-state index in [1.165, 1.54) is 0 Å². The molecule has 0 fully saturated rings. The van der Waals surface area contributed by atoms with Gasteiger partial charge in [0.1, 0.15) is 0 Å². The molecule has 0 bridgehead atoms. The molecule has 0 unspecified atom stereocenters. The highest BCUT2D eigenvalue weighted by atomic mass is 79.9. The Kier molecular flexibility index (Phi) is 3.49. The first-order chi connectivity index (χ1) is 3.55. The van der Waals surface area contributed by atoms with Gasteiger partial charge in [0.05, 0.1) is 0 Å². The third-order valence-electron chi connectivity index (χ3n) is 0.692. The number of hydrogen-bond acceptors (Lipinski definition) is 1. The molecule has 0 N–H and O–H groups in total. The van der Waals surface area contributed by atoms with E-state index < -0.39 is 0 Å². The van der Waals surface area contributed by atoms with Gasteiger partial charge in [-0.1, -0.05) is 6.58 Å². The van der Waals surface area contributed by atoms with Crippen LogP contribution in [-0.2, 0) is 0 Å². The first kappa shape index (κ1) is 8.31. The first-order valence-electron chi connectivity index (χ1n) is 2.27. The zero-order valence-electron chi connectivity index (χ0n) is 5.03. The molecule has 0 atom stereocenters. The van der Waals surface area contributed by atoms with Crippen LogP contribution in [0.1, 0.15) is 13.8 Å². The van der Waals surface area contributed by atoms with Crippen LogP contribution in [0.15, 0.2) is 21.5 Å². The molecule has 0 amide bonds. The van der Waals surface area contributed by atoms with Gasteiger partial charge in [0.15, 0.2) is 0 Å². The Bertz CT molecular complexity index is 131. The van der Waals surface area contributed by atoms with Crippen LogP contribution >= 0.6 is 28.6 Å². The van der Waals surface area contributed by atoms with E-state index >= 15 is 0 Å². The van der Waals surface area contributed by atoms with E-state index in [4.69, 9.17) is 0 Å². The molecule has 0 heterocycles. The third kappa shape index (κ3) is 2.58. The summed E-state index contributed by atoms with van der Waals surface area (Å²) < 4.78 is 1.00. The third-order valence-corrected chi connectivity index (χ3v) is 2.49. The van der Waals surface area contributed by atoms with Crippen molar-refractivity contribution >= 4 is 28.6 Å². The second-order valence-corrected chi connectivity index (χ2v) is 3.14. The maximum absolute atomic E-state index is 4.10. The monoisotopic (exact) mass is 192 g/mol. The summed E-state index contributed by atoms with van der Waals surface area (Å²) in [6.45, 7) is 7.58. The van der Waals surface area contributed by atoms with Crippen LogP contribution < -0.4 is 0 Å². The van der Waals surface area contributed by atoms with E-state index in [0.29, 0.717) is 0 Å². The summed E-state index contributed by atoms with van der Waals surface area (Å²) in [4.78, 5) is 0.970. The molecule has 0 aliphatic heterocycles. The second kappa shape index (κ2) is 3.36. The van der Waals surface area contributed by atoms with Crippen LogP contribution in [0.5, 0.6) is 0 Å². The molecule has 0 radical (unpaired) electrons. The van der Waals surface area contributed by atoms with Crippen molar-refractivity contribution in [3.05, 3.63) is 21.5 Å². The van der Waals surface area contributed by atoms with E-state index in [1.807, 2.05) is 13.8 Å². The predicted octanol–water partition coefficient (Wildman–Crippen LogP) is 3.12. The summed E-state index contributed by atoms with van der Waals surface area (Å²) in [5.74, 6) is 0. The molecule has 0 nitrogen and oxygen atoms in total. The average molecular weight is 193 g/mol. The standard InChI is InChI=1S/C6H9BrS/c1-4(2)6(7)5(3)8/h8H,1H2,2-3H3/b6-5+. The van der Waals surface area contributed by atoms with Gasteiger partial charge >= 0.3 is 0 Å². The highest BCUT2D eigenvalue weighted by molar-refractivity contribution is 9.12. The molecule has 0 saturated carbocycles. The summed E-state index contributed by atoms with van der Waals surface area (Å²) in [7, 11) is 0. The number of halogens is 1. The molecule has 0 aliphatic rings. The lowest BCUT2D eigenvalue weighted by Crippen LogP contribution is -1.72. The van der Waals surface area contributed by atoms with Crippen LogP contribution in [-0.4, -0.2) is 0 Å². The molecule has 0 aromatic heterocycles. The second-order valence-electron chi connectivity index (χ2n) is 1.68. The normalized spacial score (nSPS) is 13.0. The van der Waals surface area contributed by atoms with E-state index in [-0.39, 0.29) is 0 Å². The van der Waals surface area contributed by atoms with Crippen molar-refractivity contribution in [3.8, 4) is 0 Å². The van der Waals surface area contributed by atoms with Gasteiger partial charge in [0, 0.05) is 4.48 Å². The fourth-order valence-electron chi connectivity index (χ4n) is 0.309. The van der Waals surface area contributed by atoms with Gasteiger partial charge < -0.3 is 0 Å². The quantitative estimate of drug-likeness (QED) is 0.480. The molecule has 8 heavy (non-hydrogen) atoms. The molecule has 0 saturated heterocycles. The van der Waals surface area contributed by atoms with Crippen molar-refractivity contribution in [1.29, 1.82) is 0 Å². The maximum atomic E-state index is 4.10. The Labute approximate surface area is 64.2 Å². The Morgan fingerprint density at radius 1 is 1.50 bits per heavy atom. The fraction of sp³-hybridized carbons (Fsp3) is 0.333. The van der Waals surface area contributed by atoms with Crippen molar-refractivity contribution in [3.63, 3.8) is 0 Å². The molecular formula is C6H9BrS. The Morgan fingerprint density at radius 3 is 1.88 bits per heavy atom. The van der Waals surface area contributed by atoms with Crippen molar-refractivity contribution < 1.29 is 0 Å². The largest absolute Gasteiger partial charge is 0.147 e. The molecule has 46 valence electrons. The summed E-state index contributed by atoms with van der Waals surface area (Å²) >= 11 is 7.41. The fourth-order valence-corrected chi connectivity index (χ4v) is 0.500. The molecule has 0 aliphatic carbocycles. The van der Waals surface area contributed by atoms with E-state index in [0.717, 1.165) is 15.0 Å².